The number of nitrogens with zero attached hydrogens (tertiary/aromatic N) is 1. The van der Waals surface area contributed by atoms with Gasteiger partial charge in [-0.1, -0.05) is 25.1 Å². The van der Waals surface area contributed by atoms with Gasteiger partial charge in [0.1, 0.15) is 5.75 Å². The number of halogens is 2. The normalized spacial score (nSPS) is 11.7. The Balaban J connectivity index is 1.94. The summed E-state index contributed by atoms with van der Waals surface area (Å²) in [6.45, 7) is 1.91. The number of carbonyl (C=O) groups is 1. The molecule has 0 unspecified atom stereocenters. The number of rotatable bonds is 8. The highest BCUT2D eigenvalue weighted by Crippen LogP contribution is 2.32. The van der Waals surface area contributed by atoms with Gasteiger partial charge < -0.3 is 26.0 Å². The van der Waals surface area contributed by atoms with Crippen LogP contribution < -0.4 is 20.9 Å². The highest BCUT2D eigenvalue weighted by atomic mass is 19.1. The zero-order valence-electron chi connectivity index (χ0n) is 16.6. The van der Waals surface area contributed by atoms with Crippen molar-refractivity contribution in [2.75, 3.05) is 5.73 Å². The van der Waals surface area contributed by atoms with E-state index in [9.17, 15) is 13.6 Å². The Morgan fingerprint density at radius 3 is 2.52 bits per heavy atom. The summed E-state index contributed by atoms with van der Waals surface area (Å²) in [5.41, 5.74) is 14.4. The molecule has 0 spiro atoms. The third-order valence-corrected chi connectivity index (χ3v) is 4.40. The molecular formula is C22H21F2N3O4. The molecule has 0 saturated heterocycles. The van der Waals surface area contributed by atoms with Gasteiger partial charge in [-0.2, -0.15) is 4.98 Å². The van der Waals surface area contributed by atoms with Gasteiger partial charge >= 0.3 is 5.97 Å². The van der Waals surface area contributed by atoms with Gasteiger partial charge in [-0.15, -0.1) is 0 Å². The van der Waals surface area contributed by atoms with Crippen molar-refractivity contribution in [2.45, 2.75) is 26.0 Å². The molecule has 9 heteroatoms. The van der Waals surface area contributed by atoms with Gasteiger partial charge in [-0.05, 0) is 41.3 Å². The molecule has 0 amide bonds. The number of ether oxygens (including phenoxy) is 2. The minimum atomic E-state index is -1.34. The lowest BCUT2D eigenvalue weighted by Crippen LogP contribution is -2.26. The summed E-state index contributed by atoms with van der Waals surface area (Å²) in [5.74, 6) is -4.62. The van der Waals surface area contributed by atoms with Crippen molar-refractivity contribution in [3.63, 3.8) is 0 Å². The van der Waals surface area contributed by atoms with E-state index in [2.05, 4.69) is 4.98 Å². The van der Waals surface area contributed by atoms with Crippen LogP contribution in [0.1, 0.15) is 18.9 Å². The Morgan fingerprint density at radius 2 is 1.84 bits per heavy atom. The van der Waals surface area contributed by atoms with E-state index in [0.717, 1.165) is 11.1 Å². The highest BCUT2D eigenvalue weighted by molar-refractivity contribution is 5.72. The summed E-state index contributed by atoms with van der Waals surface area (Å²) >= 11 is 0. The molecule has 0 aliphatic rings. The maximum Gasteiger partial charge on any atom is 0.344 e. The molecule has 1 atom stereocenters. The topological polar surface area (TPSA) is 121 Å². The standard InChI is InChI=1S/C22H21F2N3O4/c1-2-19(22(28)29)31-21-18(24)10-17(23)20(27-21)30-16-8-14(7-15(26)9-16)13-5-3-4-12(6-13)11-25/h3-10,19H,2,11,25-26H2,1H3,(H,28,29)/t19-/m1/s1. The van der Waals surface area contributed by atoms with Crippen LogP contribution in [-0.2, 0) is 11.3 Å². The zero-order chi connectivity index (χ0) is 22.5. The van der Waals surface area contributed by atoms with E-state index >= 15 is 0 Å². The van der Waals surface area contributed by atoms with Crippen molar-refractivity contribution in [1.29, 1.82) is 0 Å². The molecule has 3 rings (SSSR count). The van der Waals surface area contributed by atoms with Crippen LogP contribution in [0, 0.1) is 11.6 Å². The van der Waals surface area contributed by atoms with E-state index in [1.807, 2.05) is 24.3 Å². The number of nitrogen functional groups attached to an aromatic ring is 1. The molecule has 31 heavy (non-hydrogen) atoms. The number of anilines is 1. The third-order valence-electron chi connectivity index (χ3n) is 4.40. The molecule has 7 nitrogen and oxygen atoms in total. The van der Waals surface area contributed by atoms with Crippen LogP contribution in [0.15, 0.2) is 48.5 Å². The molecule has 5 N–H and O–H groups in total. The number of nitrogens with two attached hydrogens (primary N) is 2. The Morgan fingerprint density at radius 1 is 1.10 bits per heavy atom. The van der Waals surface area contributed by atoms with Gasteiger partial charge in [0, 0.05) is 24.4 Å². The second-order valence-electron chi connectivity index (χ2n) is 6.71. The summed E-state index contributed by atoms with van der Waals surface area (Å²) in [6.07, 6.45) is -1.28. The number of carboxylic acids is 1. The summed E-state index contributed by atoms with van der Waals surface area (Å²) in [7, 11) is 0. The Hall–Kier alpha value is -3.72. The summed E-state index contributed by atoms with van der Waals surface area (Å²) in [6, 6.07) is 12.8. The molecule has 0 fully saturated rings. The maximum absolute atomic E-state index is 14.3. The fourth-order valence-corrected chi connectivity index (χ4v) is 2.87. The van der Waals surface area contributed by atoms with Gasteiger partial charge in [0.25, 0.3) is 11.8 Å². The van der Waals surface area contributed by atoms with Crippen LogP contribution in [-0.4, -0.2) is 22.2 Å². The number of pyridine rings is 1. The average Bonchev–Trinajstić information content (AvgIpc) is 2.74. The fourth-order valence-electron chi connectivity index (χ4n) is 2.87. The van der Waals surface area contributed by atoms with Gasteiger partial charge in [0.15, 0.2) is 17.7 Å². The lowest BCUT2D eigenvalue weighted by Gasteiger charge is -2.15. The van der Waals surface area contributed by atoms with Crippen LogP contribution in [0.4, 0.5) is 14.5 Å². The van der Waals surface area contributed by atoms with Crippen LogP contribution in [0.5, 0.6) is 17.5 Å². The van der Waals surface area contributed by atoms with E-state index in [1.165, 1.54) is 6.07 Å². The van der Waals surface area contributed by atoms with Crippen molar-refractivity contribution in [3.8, 4) is 28.6 Å². The number of benzene rings is 2. The van der Waals surface area contributed by atoms with Crippen LogP contribution >= 0.6 is 0 Å². The largest absolute Gasteiger partial charge is 0.479 e. The van der Waals surface area contributed by atoms with Crippen molar-refractivity contribution in [1.82, 2.24) is 4.98 Å². The molecule has 3 aromatic rings. The third kappa shape index (κ3) is 5.26. The number of hydrogen-bond acceptors (Lipinski definition) is 6. The smallest absolute Gasteiger partial charge is 0.344 e. The van der Waals surface area contributed by atoms with E-state index < -0.39 is 35.5 Å². The maximum atomic E-state index is 14.3. The van der Waals surface area contributed by atoms with Gasteiger partial charge in [0.05, 0.1) is 0 Å². The number of aliphatic carboxylic acids is 1. The summed E-state index contributed by atoms with van der Waals surface area (Å²) in [4.78, 5) is 14.8. The minimum Gasteiger partial charge on any atom is -0.479 e. The summed E-state index contributed by atoms with van der Waals surface area (Å²) in [5, 5.41) is 9.09. The zero-order valence-corrected chi connectivity index (χ0v) is 16.6. The monoisotopic (exact) mass is 429 g/mol. The fraction of sp³-hybridized carbons (Fsp3) is 0.182. The second kappa shape index (κ2) is 9.40. The Kier molecular flexibility index (Phi) is 6.66. The molecule has 1 heterocycles. The molecule has 0 radical (unpaired) electrons. The van der Waals surface area contributed by atoms with Crippen LogP contribution in [0.2, 0.25) is 0 Å². The van der Waals surface area contributed by atoms with Crippen molar-refractivity contribution in [3.05, 3.63) is 65.7 Å². The molecule has 0 saturated carbocycles. The molecule has 0 aliphatic carbocycles. The SMILES string of the molecule is CC[C@@H](Oc1nc(Oc2cc(N)cc(-c3cccc(CN)c3)c2)c(F)cc1F)C(=O)O. The Labute approximate surface area is 177 Å². The predicted molar refractivity (Wildman–Crippen MR) is 111 cm³/mol. The van der Waals surface area contributed by atoms with Crippen molar-refractivity contribution in [2.24, 2.45) is 5.73 Å². The molecule has 162 valence electrons. The average molecular weight is 429 g/mol. The quantitative estimate of drug-likeness (QED) is 0.461. The minimum absolute atomic E-state index is 0.0600. The first-order valence-corrected chi connectivity index (χ1v) is 9.44. The van der Waals surface area contributed by atoms with Gasteiger partial charge in [-0.3, -0.25) is 0 Å². The first-order chi connectivity index (χ1) is 14.8. The number of carboxylic acid groups (broad SMARTS) is 1. The van der Waals surface area contributed by atoms with Crippen LogP contribution in [0.25, 0.3) is 11.1 Å². The molecule has 0 aliphatic heterocycles. The molecule has 1 aromatic heterocycles. The molecular weight excluding hydrogens is 408 g/mol. The van der Waals surface area contributed by atoms with Crippen molar-refractivity contribution < 1.29 is 28.2 Å². The number of aromatic nitrogens is 1. The lowest BCUT2D eigenvalue weighted by atomic mass is 10.0. The first kappa shape index (κ1) is 22.0. The van der Waals surface area contributed by atoms with Gasteiger partial charge in [0.2, 0.25) is 0 Å². The number of hydrogen-bond donors (Lipinski definition) is 3. The first-order valence-electron chi connectivity index (χ1n) is 9.44. The van der Waals surface area contributed by atoms with E-state index in [-0.39, 0.29) is 12.2 Å². The second-order valence-corrected chi connectivity index (χ2v) is 6.71. The molecule has 0 bridgehead atoms. The highest BCUT2D eigenvalue weighted by Gasteiger charge is 2.22. The summed E-state index contributed by atoms with van der Waals surface area (Å²) < 4.78 is 38.9. The van der Waals surface area contributed by atoms with E-state index in [0.29, 0.717) is 23.9 Å². The van der Waals surface area contributed by atoms with E-state index in [4.69, 9.17) is 26.0 Å². The lowest BCUT2D eigenvalue weighted by molar-refractivity contribution is -0.145. The van der Waals surface area contributed by atoms with Gasteiger partial charge in [-0.25, -0.2) is 13.6 Å². The van der Waals surface area contributed by atoms with Crippen molar-refractivity contribution >= 4 is 11.7 Å². The predicted octanol–water partition coefficient (Wildman–Crippen LogP) is 4.10. The Bertz CT molecular complexity index is 1110. The molecule has 2 aromatic carbocycles. The van der Waals surface area contributed by atoms with Crippen LogP contribution in [0.3, 0.4) is 0 Å². The van der Waals surface area contributed by atoms with E-state index in [1.54, 1.807) is 19.1 Å².